The van der Waals surface area contributed by atoms with Crippen LogP contribution in [0.25, 0.3) is 0 Å². The normalized spacial score (nSPS) is 11.1. The molecular formula is C15H15F3N4O. The van der Waals surface area contributed by atoms with Crippen molar-refractivity contribution in [2.75, 3.05) is 17.2 Å². The second-order valence-electron chi connectivity index (χ2n) is 4.71. The van der Waals surface area contributed by atoms with E-state index in [1.165, 1.54) is 30.6 Å². The number of rotatable bonds is 5. The molecule has 0 spiro atoms. The van der Waals surface area contributed by atoms with E-state index < -0.39 is 17.6 Å². The minimum absolute atomic E-state index is 0.0657. The Hall–Kier alpha value is -2.64. The number of carbonyl (C=O) groups is 1. The SMILES string of the molecule is CCCNc1cnc(C(=O)Nc2ccccc2C(F)(F)F)cn1. The molecule has 122 valence electrons. The molecule has 0 fully saturated rings. The van der Waals surface area contributed by atoms with Crippen molar-refractivity contribution in [1.82, 2.24) is 9.97 Å². The summed E-state index contributed by atoms with van der Waals surface area (Å²) >= 11 is 0. The van der Waals surface area contributed by atoms with E-state index in [1.807, 2.05) is 6.92 Å². The summed E-state index contributed by atoms with van der Waals surface area (Å²) < 4.78 is 38.7. The Balaban J connectivity index is 2.14. The Kier molecular flexibility index (Phi) is 5.15. The zero-order valence-electron chi connectivity index (χ0n) is 12.3. The maximum atomic E-state index is 12.9. The van der Waals surface area contributed by atoms with Crippen molar-refractivity contribution < 1.29 is 18.0 Å². The number of nitrogens with zero attached hydrogens (tertiary/aromatic N) is 2. The van der Waals surface area contributed by atoms with Crippen LogP contribution in [0.5, 0.6) is 0 Å². The minimum Gasteiger partial charge on any atom is -0.369 e. The van der Waals surface area contributed by atoms with Gasteiger partial charge >= 0.3 is 6.18 Å². The molecule has 0 saturated heterocycles. The van der Waals surface area contributed by atoms with E-state index >= 15 is 0 Å². The fourth-order valence-electron chi connectivity index (χ4n) is 1.82. The first-order chi connectivity index (χ1) is 10.9. The van der Waals surface area contributed by atoms with Gasteiger partial charge in [0.05, 0.1) is 23.6 Å². The molecule has 2 aromatic rings. The van der Waals surface area contributed by atoms with E-state index in [0.717, 1.165) is 12.5 Å². The molecule has 0 bridgehead atoms. The highest BCUT2D eigenvalue weighted by molar-refractivity contribution is 6.03. The molecule has 0 unspecified atom stereocenters. The number of amides is 1. The van der Waals surface area contributed by atoms with E-state index in [-0.39, 0.29) is 11.4 Å². The summed E-state index contributed by atoms with van der Waals surface area (Å²) in [5, 5.41) is 5.20. The smallest absolute Gasteiger partial charge is 0.369 e. The highest BCUT2D eigenvalue weighted by atomic mass is 19.4. The summed E-state index contributed by atoms with van der Waals surface area (Å²) in [7, 11) is 0. The number of nitrogens with one attached hydrogen (secondary N) is 2. The van der Waals surface area contributed by atoms with Crippen molar-refractivity contribution in [2.45, 2.75) is 19.5 Å². The summed E-state index contributed by atoms with van der Waals surface area (Å²) in [6.07, 6.45) is -1.08. The highest BCUT2D eigenvalue weighted by Crippen LogP contribution is 2.34. The summed E-state index contributed by atoms with van der Waals surface area (Å²) in [5.41, 5.74) is -1.30. The summed E-state index contributed by atoms with van der Waals surface area (Å²) in [6.45, 7) is 2.69. The molecule has 0 aliphatic rings. The van der Waals surface area contributed by atoms with Gasteiger partial charge in [-0.25, -0.2) is 9.97 Å². The summed E-state index contributed by atoms with van der Waals surface area (Å²) in [6, 6.07) is 4.76. The summed E-state index contributed by atoms with van der Waals surface area (Å²) in [4.78, 5) is 19.9. The van der Waals surface area contributed by atoms with Crippen molar-refractivity contribution in [3.63, 3.8) is 0 Å². The molecular weight excluding hydrogens is 309 g/mol. The first kappa shape index (κ1) is 16.7. The van der Waals surface area contributed by atoms with Crippen LogP contribution in [0.15, 0.2) is 36.7 Å². The molecule has 2 rings (SSSR count). The third-order valence-electron chi connectivity index (χ3n) is 2.92. The lowest BCUT2D eigenvalue weighted by Gasteiger charge is -2.13. The lowest BCUT2D eigenvalue weighted by atomic mass is 10.1. The van der Waals surface area contributed by atoms with Crippen LogP contribution in [0.3, 0.4) is 0 Å². The van der Waals surface area contributed by atoms with Gasteiger partial charge in [0.15, 0.2) is 0 Å². The van der Waals surface area contributed by atoms with Gasteiger partial charge in [0.25, 0.3) is 5.91 Å². The number of carbonyl (C=O) groups excluding carboxylic acids is 1. The fourth-order valence-corrected chi connectivity index (χ4v) is 1.82. The molecule has 1 heterocycles. The van der Waals surface area contributed by atoms with Gasteiger partial charge < -0.3 is 10.6 Å². The second-order valence-corrected chi connectivity index (χ2v) is 4.71. The average molecular weight is 324 g/mol. The van der Waals surface area contributed by atoms with Crippen LogP contribution in [0, 0.1) is 0 Å². The van der Waals surface area contributed by atoms with Crippen LogP contribution in [0.4, 0.5) is 24.7 Å². The van der Waals surface area contributed by atoms with E-state index in [9.17, 15) is 18.0 Å². The Morgan fingerprint density at radius 2 is 1.91 bits per heavy atom. The van der Waals surface area contributed by atoms with E-state index in [0.29, 0.717) is 12.4 Å². The van der Waals surface area contributed by atoms with Crippen molar-refractivity contribution in [3.05, 3.63) is 47.9 Å². The fraction of sp³-hybridized carbons (Fsp3) is 0.267. The molecule has 5 nitrogen and oxygen atoms in total. The number of anilines is 2. The number of benzene rings is 1. The van der Waals surface area contributed by atoms with Crippen LogP contribution in [-0.2, 0) is 6.18 Å². The molecule has 0 radical (unpaired) electrons. The van der Waals surface area contributed by atoms with Crippen LogP contribution in [-0.4, -0.2) is 22.4 Å². The van der Waals surface area contributed by atoms with Gasteiger partial charge in [-0.2, -0.15) is 13.2 Å². The molecule has 1 aromatic heterocycles. The maximum Gasteiger partial charge on any atom is 0.418 e. The van der Waals surface area contributed by atoms with Crippen LogP contribution < -0.4 is 10.6 Å². The molecule has 0 aliphatic heterocycles. The predicted molar refractivity (Wildman–Crippen MR) is 80.2 cm³/mol. The number of aromatic nitrogens is 2. The molecule has 0 saturated carbocycles. The van der Waals surface area contributed by atoms with Crippen molar-refractivity contribution >= 4 is 17.4 Å². The van der Waals surface area contributed by atoms with Gasteiger partial charge in [0, 0.05) is 6.54 Å². The van der Waals surface area contributed by atoms with E-state index in [4.69, 9.17) is 0 Å². The van der Waals surface area contributed by atoms with Gasteiger partial charge in [0.1, 0.15) is 11.5 Å². The topological polar surface area (TPSA) is 66.9 Å². The maximum absolute atomic E-state index is 12.9. The highest BCUT2D eigenvalue weighted by Gasteiger charge is 2.33. The van der Waals surface area contributed by atoms with Gasteiger partial charge in [-0.05, 0) is 18.6 Å². The second kappa shape index (κ2) is 7.08. The first-order valence-corrected chi connectivity index (χ1v) is 6.95. The minimum atomic E-state index is -4.55. The molecule has 0 aliphatic carbocycles. The van der Waals surface area contributed by atoms with E-state index in [2.05, 4.69) is 20.6 Å². The number of hydrogen-bond donors (Lipinski definition) is 2. The number of halogens is 3. The Bertz CT molecular complexity index is 671. The first-order valence-electron chi connectivity index (χ1n) is 6.95. The molecule has 1 amide bonds. The third kappa shape index (κ3) is 4.41. The molecule has 2 N–H and O–H groups in total. The monoisotopic (exact) mass is 324 g/mol. The third-order valence-corrected chi connectivity index (χ3v) is 2.92. The Morgan fingerprint density at radius 1 is 1.17 bits per heavy atom. The van der Waals surface area contributed by atoms with Gasteiger partial charge in [-0.1, -0.05) is 19.1 Å². The Labute approximate surface area is 131 Å². The van der Waals surface area contributed by atoms with Crippen LogP contribution in [0.1, 0.15) is 29.4 Å². The number of alkyl halides is 3. The van der Waals surface area contributed by atoms with Crippen molar-refractivity contribution in [3.8, 4) is 0 Å². The van der Waals surface area contributed by atoms with Gasteiger partial charge in [-0.3, -0.25) is 4.79 Å². The van der Waals surface area contributed by atoms with Crippen LogP contribution >= 0.6 is 0 Å². The molecule has 0 atom stereocenters. The van der Waals surface area contributed by atoms with E-state index in [1.54, 1.807) is 0 Å². The lowest BCUT2D eigenvalue weighted by Crippen LogP contribution is -2.18. The molecule has 8 heteroatoms. The number of para-hydroxylation sites is 1. The zero-order valence-corrected chi connectivity index (χ0v) is 12.3. The molecule has 23 heavy (non-hydrogen) atoms. The average Bonchev–Trinajstić information content (AvgIpc) is 2.53. The Morgan fingerprint density at radius 3 is 2.52 bits per heavy atom. The van der Waals surface area contributed by atoms with Gasteiger partial charge in [-0.15, -0.1) is 0 Å². The van der Waals surface area contributed by atoms with Crippen LogP contribution in [0.2, 0.25) is 0 Å². The predicted octanol–water partition coefficient (Wildman–Crippen LogP) is 3.57. The largest absolute Gasteiger partial charge is 0.418 e. The van der Waals surface area contributed by atoms with Crippen molar-refractivity contribution in [1.29, 1.82) is 0 Å². The number of hydrogen-bond acceptors (Lipinski definition) is 4. The lowest BCUT2D eigenvalue weighted by molar-refractivity contribution is -0.136. The zero-order chi connectivity index (χ0) is 16.9. The van der Waals surface area contributed by atoms with Gasteiger partial charge in [0.2, 0.25) is 0 Å². The molecule has 1 aromatic carbocycles. The van der Waals surface area contributed by atoms with Crippen molar-refractivity contribution in [2.24, 2.45) is 0 Å². The summed E-state index contributed by atoms with van der Waals surface area (Å²) in [5.74, 6) is -0.254. The standard InChI is InChI=1S/C15H15F3N4O/c1-2-7-19-13-9-20-12(8-21-13)14(23)22-11-6-4-3-5-10(11)15(16,17)18/h3-6,8-9H,2,7H2,1H3,(H,19,21)(H,22,23). The quantitative estimate of drug-likeness (QED) is 0.882.